The maximum absolute atomic E-state index is 11.3. The quantitative estimate of drug-likeness (QED) is 0.535. The molecule has 2 fully saturated rings. The van der Waals surface area contributed by atoms with Crippen LogP contribution >= 0.6 is 0 Å². The van der Waals surface area contributed by atoms with E-state index in [0.717, 1.165) is 19.4 Å². The minimum atomic E-state index is -0.312. The molecule has 5 heteroatoms. The lowest BCUT2D eigenvalue weighted by molar-refractivity contribution is -0.164. The summed E-state index contributed by atoms with van der Waals surface area (Å²) in [6.07, 6.45) is 2.03. The molecule has 0 aromatic rings. The number of nitrogens with zero attached hydrogens (tertiary/aromatic N) is 1. The van der Waals surface area contributed by atoms with Crippen LogP contribution in [0.4, 0.5) is 0 Å². The zero-order valence-electron chi connectivity index (χ0n) is 7.28. The van der Waals surface area contributed by atoms with Gasteiger partial charge in [-0.1, -0.05) is 0 Å². The van der Waals surface area contributed by atoms with Gasteiger partial charge in [-0.05, 0) is 19.4 Å². The van der Waals surface area contributed by atoms with Gasteiger partial charge in [-0.15, -0.1) is 0 Å². The molecule has 1 N–H and O–H groups in total. The van der Waals surface area contributed by atoms with Crippen molar-refractivity contribution in [1.29, 1.82) is 0 Å². The van der Waals surface area contributed by atoms with Crippen molar-refractivity contribution >= 4 is 11.9 Å². The highest BCUT2D eigenvalue weighted by atomic mass is 16.5. The van der Waals surface area contributed by atoms with E-state index in [1.165, 1.54) is 0 Å². The van der Waals surface area contributed by atoms with Crippen LogP contribution < -0.4 is 5.32 Å². The van der Waals surface area contributed by atoms with Crippen LogP contribution in [0.5, 0.6) is 0 Å². The van der Waals surface area contributed by atoms with E-state index in [9.17, 15) is 9.59 Å². The molecule has 2 heterocycles. The van der Waals surface area contributed by atoms with Crippen LogP contribution in [0, 0.1) is 0 Å². The maximum atomic E-state index is 11.3. The van der Waals surface area contributed by atoms with E-state index < -0.39 is 0 Å². The molecule has 0 spiro atoms. The first-order valence-electron chi connectivity index (χ1n) is 4.46. The lowest BCUT2D eigenvalue weighted by Crippen LogP contribution is -2.53. The van der Waals surface area contributed by atoms with Gasteiger partial charge in [0, 0.05) is 0 Å². The number of hydrogen-bond donors (Lipinski definition) is 1. The van der Waals surface area contributed by atoms with Crippen molar-refractivity contribution < 1.29 is 14.3 Å². The summed E-state index contributed by atoms with van der Waals surface area (Å²) in [5.74, 6) is -0.410. The van der Waals surface area contributed by atoms with Crippen LogP contribution in [0.2, 0.25) is 0 Å². The second kappa shape index (κ2) is 3.33. The molecule has 0 saturated carbocycles. The van der Waals surface area contributed by atoms with Crippen LogP contribution in [0.15, 0.2) is 0 Å². The van der Waals surface area contributed by atoms with Crippen LogP contribution in [-0.4, -0.2) is 42.6 Å². The zero-order valence-corrected chi connectivity index (χ0v) is 7.28. The number of carbonyl (C=O) groups is 2. The Balaban J connectivity index is 2.02. The zero-order chi connectivity index (χ0) is 9.26. The molecule has 0 bridgehead atoms. The number of cyclic esters (lactones) is 1. The van der Waals surface area contributed by atoms with Crippen molar-refractivity contribution in [2.75, 3.05) is 19.7 Å². The number of amides is 1. The van der Waals surface area contributed by atoms with E-state index in [-0.39, 0.29) is 31.2 Å². The molecule has 5 nitrogen and oxygen atoms in total. The van der Waals surface area contributed by atoms with Crippen molar-refractivity contribution in [1.82, 2.24) is 10.2 Å². The van der Waals surface area contributed by atoms with E-state index in [1.54, 1.807) is 4.90 Å². The Bertz CT molecular complexity index is 236. The number of hydrogen-bond acceptors (Lipinski definition) is 4. The monoisotopic (exact) mass is 184 g/mol. The maximum Gasteiger partial charge on any atom is 0.326 e. The summed E-state index contributed by atoms with van der Waals surface area (Å²) in [7, 11) is 0. The average molecular weight is 184 g/mol. The third-order valence-corrected chi connectivity index (χ3v) is 2.39. The molecule has 72 valence electrons. The smallest absolute Gasteiger partial charge is 0.326 e. The van der Waals surface area contributed by atoms with Crippen LogP contribution in [0.1, 0.15) is 12.8 Å². The lowest BCUT2D eigenvalue weighted by Gasteiger charge is -2.31. The predicted molar refractivity (Wildman–Crippen MR) is 43.7 cm³/mol. The van der Waals surface area contributed by atoms with Gasteiger partial charge in [0.2, 0.25) is 0 Å². The Morgan fingerprint density at radius 1 is 1.46 bits per heavy atom. The van der Waals surface area contributed by atoms with Gasteiger partial charge in [0.25, 0.3) is 5.91 Å². The SMILES string of the molecule is O=C1CN(C2CCCN2)C(=O)CO1. The van der Waals surface area contributed by atoms with Gasteiger partial charge in [-0.3, -0.25) is 14.9 Å². The largest absolute Gasteiger partial charge is 0.454 e. The summed E-state index contributed by atoms with van der Waals surface area (Å²) in [6, 6.07) is 0. The third kappa shape index (κ3) is 1.65. The first kappa shape index (κ1) is 8.50. The topological polar surface area (TPSA) is 58.6 Å². The summed E-state index contributed by atoms with van der Waals surface area (Å²) in [4.78, 5) is 23.8. The molecule has 1 atom stereocenters. The number of nitrogens with one attached hydrogen (secondary N) is 1. The molecule has 0 aliphatic carbocycles. The summed E-state index contributed by atoms with van der Waals surface area (Å²) < 4.78 is 4.62. The van der Waals surface area contributed by atoms with Crippen molar-refractivity contribution in [3.63, 3.8) is 0 Å². The lowest BCUT2D eigenvalue weighted by atomic mass is 10.3. The molecule has 13 heavy (non-hydrogen) atoms. The molecular weight excluding hydrogens is 172 g/mol. The first-order valence-corrected chi connectivity index (χ1v) is 4.46. The third-order valence-electron chi connectivity index (χ3n) is 2.39. The van der Waals surface area contributed by atoms with E-state index in [4.69, 9.17) is 0 Å². The predicted octanol–water partition coefficient (Wildman–Crippen LogP) is -0.919. The van der Waals surface area contributed by atoms with Crippen LogP contribution in [-0.2, 0) is 14.3 Å². The van der Waals surface area contributed by atoms with E-state index in [2.05, 4.69) is 10.1 Å². The highest BCUT2D eigenvalue weighted by molar-refractivity contribution is 5.88. The van der Waals surface area contributed by atoms with Gasteiger partial charge in [0.05, 0.1) is 6.17 Å². The summed E-state index contributed by atoms with van der Waals surface area (Å²) in [6.45, 7) is 0.914. The second-order valence-electron chi connectivity index (χ2n) is 3.29. The van der Waals surface area contributed by atoms with Crippen LogP contribution in [0.25, 0.3) is 0 Å². The fraction of sp³-hybridized carbons (Fsp3) is 0.750. The Morgan fingerprint density at radius 3 is 3.00 bits per heavy atom. The number of rotatable bonds is 1. The molecule has 2 aliphatic rings. The normalized spacial score (nSPS) is 29.2. The molecule has 0 aromatic heterocycles. The molecule has 2 rings (SSSR count). The van der Waals surface area contributed by atoms with E-state index >= 15 is 0 Å². The molecule has 0 radical (unpaired) electrons. The van der Waals surface area contributed by atoms with Crippen molar-refractivity contribution in [2.45, 2.75) is 19.0 Å². The fourth-order valence-electron chi connectivity index (χ4n) is 1.71. The molecular formula is C8H12N2O3. The first-order chi connectivity index (χ1) is 6.27. The Labute approximate surface area is 76.0 Å². The van der Waals surface area contributed by atoms with Gasteiger partial charge >= 0.3 is 5.97 Å². The second-order valence-corrected chi connectivity index (χ2v) is 3.29. The minimum absolute atomic E-state index is 0.0420. The fourth-order valence-corrected chi connectivity index (χ4v) is 1.71. The molecule has 0 aromatic carbocycles. The number of morpholine rings is 1. The Kier molecular flexibility index (Phi) is 2.18. The van der Waals surface area contributed by atoms with E-state index in [1.807, 2.05) is 0 Å². The average Bonchev–Trinajstić information content (AvgIpc) is 2.61. The molecule has 1 unspecified atom stereocenters. The van der Waals surface area contributed by atoms with Gasteiger partial charge in [-0.25, -0.2) is 0 Å². The Hall–Kier alpha value is -1.10. The highest BCUT2D eigenvalue weighted by Crippen LogP contribution is 2.13. The molecule has 1 amide bonds. The summed E-state index contributed by atoms with van der Waals surface area (Å²) >= 11 is 0. The number of carbonyl (C=O) groups excluding carboxylic acids is 2. The van der Waals surface area contributed by atoms with Gasteiger partial charge in [0.1, 0.15) is 6.54 Å². The summed E-state index contributed by atoms with van der Waals surface area (Å²) in [5, 5.41) is 3.17. The number of esters is 1. The van der Waals surface area contributed by atoms with E-state index in [0.29, 0.717) is 0 Å². The molecule has 2 aliphatic heterocycles. The summed E-state index contributed by atoms with van der Waals surface area (Å²) in [5.41, 5.74) is 0. The highest BCUT2D eigenvalue weighted by Gasteiger charge is 2.32. The van der Waals surface area contributed by atoms with Crippen molar-refractivity contribution in [2.24, 2.45) is 0 Å². The van der Waals surface area contributed by atoms with Crippen LogP contribution in [0.3, 0.4) is 0 Å². The van der Waals surface area contributed by atoms with Gasteiger partial charge in [0.15, 0.2) is 6.61 Å². The minimum Gasteiger partial charge on any atom is -0.454 e. The van der Waals surface area contributed by atoms with Crippen molar-refractivity contribution in [3.8, 4) is 0 Å². The molecule has 2 saturated heterocycles. The van der Waals surface area contributed by atoms with Crippen molar-refractivity contribution in [3.05, 3.63) is 0 Å². The number of ether oxygens (including phenoxy) is 1. The Morgan fingerprint density at radius 2 is 2.31 bits per heavy atom. The van der Waals surface area contributed by atoms with Gasteiger partial charge in [-0.2, -0.15) is 0 Å². The standard InChI is InChI=1S/C8H12N2O3/c11-7-5-13-8(12)4-10(7)6-2-1-3-9-6/h6,9H,1-5H2. The van der Waals surface area contributed by atoms with Gasteiger partial charge < -0.3 is 9.64 Å².